The van der Waals surface area contributed by atoms with Crippen LogP contribution in [0.25, 0.3) is 0 Å². The van der Waals surface area contributed by atoms with Crippen molar-refractivity contribution in [3.63, 3.8) is 0 Å². The summed E-state index contributed by atoms with van der Waals surface area (Å²) < 4.78 is 1.21. The lowest BCUT2D eigenvalue weighted by atomic mass is 10.1. The van der Waals surface area contributed by atoms with E-state index in [-0.39, 0.29) is 0 Å². The van der Waals surface area contributed by atoms with Crippen molar-refractivity contribution in [3.05, 3.63) is 32.6 Å². The van der Waals surface area contributed by atoms with Gasteiger partial charge in [0.15, 0.2) is 0 Å². The number of carboxylic acid groups (broad SMARTS) is 1. The number of rotatable bonds is 4. The molecule has 1 rings (SSSR count). The van der Waals surface area contributed by atoms with Crippen molar-refractivity contribution in [1.82, 2.24) is 9.55 Å². The number of hydrogen-bond donors (Lipinski definition) is 2. The van der Waals surface area contributed by atoms with Crippen LogP contribution in [0.3, 0.4) is 0 Å². The first-order valence-electron chi connectivity index (χ1n) is 4.99. The summed E-state index contributed by atoms with van der Waals surface area (Å²) in [5.74, 6) is -0.938. The third-order valence-corrected chi connectivity index (χ3v) is 2.19. The Labute approximate surface area is 91.5 Å². The SMILES string of the molecule is CC(C)CCn1cc(C(=O)O)c(=O)[nH]c1=O. The van der Waals surface area contributed by atoms with Crippen molar-refractivity contribution < 1.29 is 9.90 Å². The molecule has 1 aromatic heterocycles. The minimum absolute atomic E-state index is 0.395. The largest absolute Gasteiger partial charge is 0.477 e. The van der Waals surface area contributed by atoms with Crippen molar-refractivity contribution in [1.29, 1.82) is 0 Å². The zero-order chi connectivity index (χ0) is 12.3. The summed E-state index contributed by atoms with van der Waals surface area (Å²) >= 11 is 0. The van der Waals surface area contributed by atoms with Crippen molar-refractivity contribution in [2.75, 3.05) is 0 Å². The molecule has 0 aliphatic rings. The number of H-pyrrole nitrogens is 1. The molecule has 0 atom stereocenters. The first kappa shape index (κ1) is 12.2. The van der Waals surface area contributed by atoms with Crippen LogP contribution in [0.4, 0.5) is 0 Å². The van der Waals surface area contributed by atoms with Gasteiger partial charge in [-0.15, -0.1) is 0 Å². The molecule has 88 valence electrons. The predicted molar refractivity (Wildman–Crippen MR) is 57.7 cm³/mol. The molecule has 0 radical (unpaired) electrons. The maximum Gasteiger partial charge on any atom is 0.342 e. The number of nitrogens with zero attached hydrogens (tertiary/aromatic N) is 1. The Hall–Kier alpha value is -1.85. The van der Waals surface area contributed by atoms with Gasteiger partial charge in [0.05, 0.1) is 0 Å². The van der Waals surface area contributed by atoms with E-state index in [0.717, 1.165) is 12.6 Å². The number of aromatic nitrogens is 2. The number of carboxylic acids is 1. The smallest absolute Gasteiger partial charge is 0.342 e. The average Bonchev–Trinajstić information content (AvgIpc) is 2.15. The van der Waals surface area contributed by atoms with E-state index < -0.39 is 22.8 Å². The zero-order valence-electron chi connectivity index (χ0n) is 9.19. The van der Waals surface area contributed by atoms with Gasteiger partial charge in [-0.1, -0.05) is 13.8 Å². The zero-order valence-corrected chi connectivity index (χ0v) is 9.19. The molecule has 0 amide bonds. The number of carbonyl (C=O) groups is 1. The fraction of sp³-hybridized carbons (Fsp3) is 0.500. The van der Waals surface area contributed by atoms with Gasteiger partial charge in [-0.05, 0) is 12.3 Å². The Balaban J connectivity index is 3.10. The van der Waals surface area contributed by atoms with E-state index in [0.29, 0.717) is 12.5 Å². The van der Waals surface area contributed by atoms with Crippen LogP contribution in [0.15, 0.2) is 15.8 Å². The van der Waals surface area contributed by atoms with Gasteiger partial charge < -0.3 is 5.11 Å². The number of aryl methyl sites for hydroxylation is 1. The highest BCUT2D eigenvalue weighted by Crippen LogP contribution is 2.00. The summed E-state index contributed by atoms with van der Waals surface area (Å²) in [7, 11) is 0. The topological polar surface area (TPSA) is 92.2 Å². The van der Waals surface area contributed by atoms with E-state index in [1.54, 1.807) is 0 Å². The molecule has 16 heavy (non-hydrogen) atoms. The number of hydrogen-bond acceptors (Lipinski definition) is 3. The lowest BCUT2D eigenvalue weighted by molar-refractivity contribution is 0.0693. The molecule has 1 aromatic rings. The molecule has 0 bridgehead atoms. The normalized spacial score (nSPS) is 10.7. The Kier molecular flexibility index (Phi) is 3.65. The van der Waals surface area contributed by atoms with Gasteiger partial charge in [-0.25, -0.2) is 9.59 Å². The fourth-order valence-electron chi connectivity index (χ4n) is 1.23. The lowest BCUT2D eigenvalue weighted by Crippen LogP contribution is -2.33. The molecular weight excluding hydrogens is 212 g/mol. The van der Waals surface area contributed by atoms with Gasteiger partial charge in [0, 0.05) is 12.7 Å². The highest BCUT2D eigenvalue weighted by Gasteiger charge is 2.11. The maximum absolute atomic E-state index is 11.3. The maximum atomic E-state index is 11.3. The first-order valence-corrected chi connectivity index (χ1v) is 4.99. The highest BCUT2D eigenvalue weighted by molar-refractivity contribution is 5.86. The molecule has 6 heteroatoms. The predicted octanol–water partition coefficient (Wildman–Crippen LogP) is 0.281. The van der Waals surface area contributed by atoms with Gasteiger partial charge in [0.2, 0.25) is 0 Å². The summed E-state index contributed by atoms with van der Waals surface area (Å²) in [5, 5.41) is 8.72. The number of aromatic carboxylic acids is 1. The molecule has 0 aliphatic carbocycles. The standard InChI is InChI=1S/C10H14N2O4/c1-6(2)3-4-12-5-7(9(14)15)8(13)11-10(12)16/h5-6H,3-4H2,1-2H3,(H,14,15)(H,11,13,16). The summed E-state index contributed by atoms with van der Waals surface area (Å²) in [6.45, 7) is 4.39. The Morgan fingerprint density at radius 1 is 1.50 bits per heavy atom. The van der Waals surface area contributed by atoms with E-state index in [1.807, 2.05) is 18.8 Å². The molecule has 0 aromatic carbocycles. The second kappa shape index (κ2) is 4.78. The van der Waals surface area contributed by atoms with Gasteiger partial charge in [-0.3, -0.25) is 14.3 Å². The summed E-state index contributed by atoms with van der Waals surface area (Å²) in [6.07, 6.45) is 1.83. The van der Waals surface area contributed by atoms with Crippen LogP contribution in [-0.2, 0) is 6.54 Å². The van der Waals surface area contributed by atoms with Gasteiger partial charge in [-0.2, -0.15) is 0 Å². The summed E-state index contributed by atoms with van der Waals surface area (Å²) in [5.41, 5.74) is -1.85. The second-order valence-corrected chi connectivity index (χ2v) is 3.98. The van der Waals surface area contributed by atoms with Crippen molar-refractivity contribution in [3.8, 4) is 0 Å². The van der Waals surface area contributed by atoms with Crippen LogP contribution in [-0.4, -0.2) is 20.6 Å². The van der Waals surface area contributed by atoms with Crippen LogP contribution in [0.1, 0.15) is 30.6 Å². The van der Waals surface area contributed by atoms with Crippen LogP contribution in [0.5, 0.6) is 0 Å². The molecule has 0 unspecified atom stereocenters. The third kappa shape index (κ3) is 2.82. The van der Waals surface area contributed by atoms with E-state index in [1.165, 1.54) is 4.57 Å². The van der Waals surface area contributed by atoms with Crippen LogP contribution < -0.4 is 11.2 Å². The Bertz CT molecular complexity index is 498. The second-order valence-electron chi connectivity index (χ2n) is 3.98. The third-order valence-electron chi connectivity index (χ3n) is 2.19. The molecule has 0 spiro atoms. The van der Waals surface area contributed by atoms with E-state index in [9.17, 15) is 14.4 Å². The van der Waals surface area contributed by atoms with E-state index in [4.69, 9.17) is 5.11 Å². The quantitative estimate of drug-likeness (QED) is 0.771. The minimum atomic E-state index is -1.33. The Morgan fingerprint density at radius 3 is 2.62 bits per heavy atom. The molecule has 0 saturated carbocycles. The molecular formula is C10H14N2O4. The summed E-state index contributed by atoms with van der Waals surface area (Å²) in [4.78, 5) is 35.1. The van der Waals surface area contributed by atoms with E-state index in [2.05, 4.69) is 0 Å². The lowest BCUT2D eigenvalue weighted by Gasteiger charge is -2.07. The van der Waals surface area contributed by atoms with Crippen molar-refractivity contribution in [2.24, 2.45) is 5.92 Å². The van der Waals surface area contributed by atoms with Crippen molar-refractivity contribution >= 4 is 5.97 Å². The summed E-state index contributed by atoms with van der Waals surface area (Å²) in [6, 6.07) is 0. The monoisotopic (exact) mass is 226 g/mol. The van der Waals surface area contributed by atoms with Crippen molar-refractivity contribution in [2.45, 2.75) is 26.8 Å². The van der Waals surface area contributed by atoms with Crippen LogP contribution >= 0.6 is 0 Å². The average molecular weight is 226 g/mol. The van der Waals surface area contributed by atoms with Crippen LogP contribution in [0, 0.1) is 5.92 Å². The first-order chi connectivity index (χ1) is 7.41. The Morgan fingerprint density at radius 2 is 2.12 bits per heavy atom. The van der Waals surface area contributed by atoms with Gasteiger partial charge >= 0.3 is 11.7 Å². The minimum Gasteiger partial charge on any atom is -0.477 e. The molecule has 2 N–H and O–H groups in total. The van der Waals surface area contributed by atoms with E-state index >= 15 is 0 Å². The molecule has 1 heterocycles. The van der Waals surface area contributed by atoms with Gasteiger partial charge in [0.1, 0.15) is 5.56 Å². The van der Waals surface area contributed by atoms with Gasteiger partial charge in [0.25, 0.3) is 5.56 Å². The highest BCUT2D eigenvalue weighted by atomic mass is 16.4. The number of aromatic amines is 1. The fourth-order valence-corrected chi connectivity index (χ4v) is 1.23. The molecule has 6 nitrogen and oxygen atoms in total. The van der Waals surface area contributed by atoms with Crippen LogP contribution in [0.2, 0.25) is 0 Å². The number of nitrogens with one attached hydrogen (secondary N) is 1. The molecule has 0 saturated heterocycles. The molecule has 0 fully saturated rings. The molecule has 0 aliphatic heterocycles.